The first kappa shape index (κ1) is 29.5. The third-order valence-corrected chi connectivity index (χ3v) is 7.40. The Bertz CT molecular complexity index is 422. The second kappa shape index (κ2) is 10.4. The van der Waals surface area contributed by atoms with Gasteiger partial charge in [-0.25, -0.2) is 0 Å². The Morgan fingerprint density at radius 3 is 0.759 bits per heavy atom. The van der Waals surface area contributed by atoms with Gasteiger partial charge in [0.05, 0.1) is 23.9 Å². The van der Waals surface area contributed by atoms with Crippen molar-refractivity contribution in [1.82, 2.24) is 0 Å². The van der Waals surface area contributed by atoms with Gasteiger partial charge in [-0.3, -0.25) is 0 Å². The zero-order chi connectivity index (χ0) is 23.6. The van der Waals surface area contributed by atoms with Crippen molar-refractivity contribution in [1.29, 1.82) is 0 Å². The van der Waals surface area contributed by atoms with Crippen molar-refractivity contribution in [3.05, 3.63) is 0 Å². The predicted molar refractivity (Wildman–Crippen MR) is 137 cm³/mol. The maximum Gasteiger partial charge on any atom is 0.171 e. The number of hydrogen-bond donors (Lipinski definition) is 1. The normalized spacial score (nSPS) is 19.6. The maximum absolute atomic E-state index is 7.63. The highest BCUT2D eigenvalue weighted by molar-refractivity contribution is 6.49. The lowest BCUT2D eigenvalue weighted by Gasteiger charge is -2.59. The molecule has 0 heterocycles. The molecule has 0 radical (unpaired) electrons. The van der Waals surface area contributed by atoms with Crippen LogP contribution >= 0.6 is 0 Å². The smallest absolute Gasteiger partial charge is 0.171 e. The molecule has 0 aliphatic rings. The van der Waals surface area contributed by atoms with Gasteiger partial charge in [-0.05, 0) is 55.5 Å². The zero-order valence-corrected chi connectivity index (χ0v) is 25.7. The predicted octanol–water partition coefficient (Wildman–Crippen LogP) is 4.93. The van der Waals surface area contributed by atoms with E-state index >= 15 is 0 Å². The van der Waals surface area contributed by atoms with E-state index in [2.05, 4.69) is 102 Å². The van der Waals surface area contributed by atoms with Crippen LogP contribution in [-0.4, -0.2) is 51.0 Å². The second-order valence-corrected chi connectivity index (χ2v) is 19.9. The van der Waals surface area contributed by atoms with Gasteiger partial charge in [0.2, 0.25) is 0 Å². The first-order chi connectivity index (χ1) is 12.6. The third-order valence-electron chi connectivity index (χ3n) is 4.95. The van der Waals surface area contributed by atoms with Gasteiger partial charge in [0.25, 0.3) is 0 Å². The van der Waals surface area contributed by atoms with E-state index in [0.717, 1.165) is 0 Å². The first-order valence-electron chi connectivity index (χ1n) is 11.4. The monoisotopic (exact) mass is 463 g/mol. The fourth-order valence-corrected chi connectivity index (χ4v) is 8.01. The molecule has 3 unspecified atom stereocenters. The van der Waals surface area contributed by atoms with E-state index in [0.29, 0.717) is 0 Å². The lowest BCUT2D eigenvalue weighted by atomic mass is 9.61. The Morgan fingerprint density at radius 1 is 0.483 bits per heavy atom. The molecule has 7 heteroatoms. The molecule has 0 rings (SSSR count). The summed E-state index contributed by atoms with van der Waals surface area (Å²) in [5.74, 6) is 0. The van der Waals surface area contributed by atoms with Crippen LogP contribution in [0.2, 0.25) is 39.3 Å². The van der Waals surface area contributed by atoms with Gasteiger partial charge in [-0.1, -0.05) is 62.3 Å². The van der Waals surface area contributed by atoms with Gasteiger partial charge in [0, 0.05) is 0 Å². The van der Waals surface area contributed by atoms with Gasteiger partial charge in [0.15, 0.2) is 27.1 Å². The van der Waals surface area contributed by atoms with Crippen LogP contribution in [0.25, 0.3) is 0 Å². The largest absolute Gasteiger partial charge is 0.415 e. The molecule has 176 valence electrons. The summed E-state index contributed by atoms with van der Waals surface area (Å²) >= 11 is 0. The Kier molecular flexibility index (Phi) is 10.6. The van der Waals surface area contributed by atoms with Gasteiger partial charge < -0.3 is 19.0 Å². The van der Waals surface area contributed by atoms with Crippen molar-refractivity contribution in [2.24, 2.45) is 22.0 Å². The zero-order valence-electron chi connectivity index (χ0n) is 22.3. The van der Waals surface area contributed by atoms with Crippen LogP contribution < -0.4 is 5.73 Å². The average molecular weight is 464 g/mol. The molecule has 0 aromatic heterocycles. The van der Waals surface area contributed by atoms with E-state index in [1.165, 1.54) is 0 Å². The van der Waals surface area contributed by atoms with Crippen molar-refractivity contribution >= 4 is 27.1 Å². The van der Waals surface area contributed by atoms with Crippen molar-refractivity contribution in [3.8, 4) is 0 Å². The molecule has 29 heavy (non-hydrogen) atoms. The van der Waals surface area contributed by atoms with E-state index in [9.17, 15) is 0 Å². The molecule has 0 saturated heterocycles. The van der Waals surface area contributed by atoms with Crippen molar-refractivity contribution in [2.45, 2.75) is 125 Å². The third kappa shape index (κ3) is 8.50. The van der Waals surface area contributed by atoms with Crippen molar-refractivity contribution in [3.63, 3.8) is 0 Å². The number of nitrogens with two attached hydrogens (primary N) is 1. The fraction of sp³-hybridized carbons (Fsp3) is 1.00. The highest BCUT2D eigenvalue weighted by Gasteiger charge is 2.59. The van der Waals surface area contributed by atoms with Crippen LogP contribution in [0.4, 0.5) is 0 Å². The highest BCUT2D eigenvalue weighted by atomic mass is 28.3. The van der Waals surface area contributed by atoms with Crippen LogP contribution in [0.15, 0.2) is 0 Å². The molecule has 0 spiro atoms. The topological polar surface area (TPSA) is 53.7 Å². The molecule has 0 aliphatic carbocycles. The summed E-state index contributed by atoms with van der Waals surface area (Å²) in [7, 11) is -4.07. The molecular formula is C22H53NO3Si3. The molecule has 2 N–H and O–H groups in total. The van der Waals surface area contributed by atoms with Gasteiger partial charge >= 0.3 is 0 Å². The molecule has 0 amide bonds. The molecule has 0 aliphatic heterocycles. The van der Waals surface area contributed by atoms with Crippen LogP contribution in [0, 0.1) is 16.2 Å². The standard InChI is InChI=1S/C22H53NO3Si3/c1-19(2,3)16(24-27(10)11)22(23,17(20(4,5)6)25-28(12)13)18(21(7,8)9)26-29(14)15/h16-18,27-29H,23H2,1-15H3. The van der Waals surface area contributed by atoms with Crippen LogP contribution in [0.1, 0.15) is 62.3 Å². The quantitative estimate of drug-likeness (QED) is 0.493. The maximum atomic E-state index is 7.63. The second-order valence-electron chi connectivity index (χ2n) is 12.8. The summed E-state index contributed by atoms with van der Waals surface area (Å²) in [4.78, 5) is 0. The molecule has 0 fully saturated rings. The number of hydrogen-bond acceptors (Lipinski definition) is 4. The Labute approximate surface area is 187 Å². The summed E-state index contributed by atoms with van der Waals surface area (Å²) < 4.78 is 20.3. The van der Waals surface area contributed by atoms with E-state index in [1.807, 2.05) is 0 Å². The minimum atomic E-state index is -1.36. The molecule has 3 atom stereocenters. The SMILES string of the molecule is C[SiH](C)OC(C(C)(C)C)C(N)(C(O[SiH](C)C)C(C)(C)C)C(O[SiH](C)C)C(C)(C)C. The minimum Gasteiger partial charge on any atom is -0.415 e. The van der Waals surface area contributed by atoms with E-state index < -0.39 is 32.7 Å². The highest BCUT2D eigenvalue weighted by Crippen LogP contribution is 2.46. The molecule has 4 nitrogen and oxygen atoms in total. The lowest BCUT2D eigenvalue weighted by Crippen LogP contribution is -2.76. The Morgan fingerprint density at radius 2 is 0.655 bits per heavy atom. The lowest BCUT2D eigenvalue weighted by molar-refractivity contribution is -0.143. The molecular weight excluding hydrogens is 411 g/mol. The fourth-order valence-electron chi connectivity index (χ4n) is 4.44. The molecule has 0 aromatic rings. The van der Waals surface area contributed by atoms with Gasteiger partial charge in [0.1, 0.15) is 0 Å². The summed E-state index contributed by atoms with van der Waals surface area (Å²) in [6.07, 6.45) is -0.471. The average Bonchev–Trinajstić information content (AvgIpc) is 2.43. The van der Waals surface area contributed by atoms with E-state index in [1.54, 1.807) is 0 Å². The van der Waals surface area contributed by atoms with Gasteiger partial charge in [-0.2, -0.15) is 0 Å². The summed E-state index contributed by atoms with van der Waals surface area (Å²) in [5, 5.41) is 0. The van der Waals surface area contributed by atoms with E-state index in [-0.39, 0.29) is 34.6 Å². The Balaban J connectivity index is 7.04. The van der Waals surface area contributed by atoms with Crippen LogP contribution in [-0.2, 0) is 13.3 Å². The van der Waals surface area contributed by atoms with Crippen molar-refractivity contribution < 1.29 is 13.3 Å². The summed E-state index contributed by atoms with van der Waals surface area (Å²) in [6.45, 7) is 33.6. The first-order valence-corrected chi connectivity index (χ1v) is 19.7. The Hall–Kier alpha value is 0.491. The van der Waals surface area contributed by atoms with Crippen molar-refractivity contribution in [2.75, 3.05) is 0 Å². The molecule has 0 bridgehead atoms. The summed E-state index contributed by atoms with van der Waals surface area (Å²) in [6, 6.07) is 0. The van der Waals surface area contributed by atoms with Crippen LogP contribution in [0.3, 0.4) is 0 Å². The molecule has 0 aromatic carbocycles. The minimum absolute atomic E-state index is 0.136. The summed E-state index contributed by atoms with van der Waals surface area (Å²) in [5.41, 5.74) is 6.45. The van der Waals surface area contributed by atoms with Gasteiger partial charge in [-0.15, -0.1) is 0 Å². The number of rotatable bonds is 9. The van der Waals surface area contributed by atoms with E-state index in [4.69, 9.17) is 19.0 Å². The molecule has 0 saturated carbocycles. The van der Waals surface area contributed by atoms with Crippen LogP contribution in [0.5, 0.6) is 0 Å².